The van der Waals surface area contributed by atoms with Crippen LogP contribution in [0.5, 0.6) is 0 Å². The smallest absolute Gasteiger partial charge is 0.309 e. The van der Waals surface area contributed by atoms with Crippen LogP contribution in [0.1, 0.15) is 136 Å². The minimum Gasteiger partial charge on any atom is -0.462 e. The number of esters is 1. The fraction of sp³-hybridized carbons (Fsp3) is 0.900. The SMILES string of the molecule is CCCCC1CCC(OC(=O)C2CCC(/C=C/CCC3CCC(CCC)CC3)CC2)CC1. The maximum absolute atomic E-state index is 12.7. The first-order chi connectivity index (χ1) is 15.7. The van der Waals surface area contributed by atoms with Gasteiger partial charge in [-0.15, -0.1) is 0 Å². The number of carbonyl (C=O) groups is 1. The Morgan fingerprint density at radius 3 is 1.94 bits per heavy atom. The predicted octanol–water partition coefficient (Wildman–Crippen LogP) is 9.03. The fourth-order valence-electron chi connectivity index (χ4n) is 6.68. The second-order valence-corrected chi connectivity index (χ2v) is 11.5. The molecule has 32 heavy (non-hydrogen) atoms. The Morgan fingerprint density at radius 1 is 0.719 bits per heavy atom. The second kappa shape index (κ2) is 14.5. The Bertz CT molecular complexity index is 529. The molecule has 3 saturated carbocycles. The number of hydrogen-bond acceptors (Lipinski definition) is 2. The highest BCUT2D eigenvalue weighted by Gasteiger charge is 2.30. The highest BCUT2D eigenvalue weighted by Crippen LogP contribution is 2.35. The van der Waals surface area contributed by atoms with Crippen molar-refractivity contribution in [3.8, 4) is 0 Å². The molecule has 0 atom stereocenters. The van der Waals surface area contributed by atoms with Gasteiger partial charge in [0.2, 0.25) is 0 Å². The molecule has 0 bridgehead atoms. The van der Waals surface area contributed by atoms with Crippen LogP contribution in [0.15, 0.2) is 12.2 Å². The van der Waals surface area contributed by atoms with Gasteiger partial charge in [0.25, 0.3) is 0 Å². The number of rotatable bonds is 11. The third-order valence-corrected chi connectivity index (χ3v) is 8.96. The van der Waals surface area contributed by atoms with Gasteiger partial charge in [0, 0.05) is 0 Å². The Kier molecular flexibility index (Phi) is 11.7. The van der Waals surface area contributed by atoms with Gasteiger partial charge in [0.15, 0.2) is 0 Å². The number of unbranched alkanes of at least 4 members (excludes halogenated alkanes) is 1. The lowest BCUT2D eigenvalue weighted by atomic mass is 9.78. The Morgan fingerprint density at radius 2 is 1.31 bits per heavy atom. The van der Waals surface area contributed by atoms with E-state index >= 15 is 0 Å². The standard InChI is InChI=1S/C30H52O2/c1-3-5-9-25-18-22-29(23-19-25)32-30(31)28-20-16-27(17-21-28)11-7-6-10-26-14-12-24(8-4-2)13-15-26/h7,11,24-29H,3-6,8-10,12-23H2,1-2H3/b11-7+. The van der Waals surface area contributed by atoms with E-state index in [0.717, 1.165) is 43.4 Å². The van der Waals surface area contributed by atoms with Crippen molar-refractivity contribution in [2.45, 2.75) is 142 Å². The van der Waals surface area contributed by atoms with Crippen molar-refractivity contribution in [2.75, 3.05) is 0 Å². The van der Waals surface area contributed by atoms with Gasteiger partial charge >= 0.3 is 5.97 Å². The van der Waals surface area contributed by atoms with Gasteiger partial charge in [0.05, 0.1) is 5.92 Å². The van der Waals surface area contributed by atoms with Crippen LogP contribution >= 0.6 is 0 Å². The third kappa shape index (κ3) is 8.86. The van der Waals surface area contributed by atoms with Crippen LogP contribution in [-0.2, 0) is 9.53 Å². The van der Waals surface area contributed by atoms with Crippen molar-refractivity contribution in [2.24, 2.45) is 29.6 Å². The first kappa shape index (κ1) is 25.8. The number of hydrogen-bond donors (Lipinski definition) is 0. The monoisotopic (exact) mass is 444 g/mol. The molecule has 0 unspecified atom stereocenters. The van der Waals surface area contributed by atoms with Crippen LogP contribution in [0, 0.1) is 29.6 Å². The van der Waals surface area contributed by atoms with Crippen molar-refractivity contribution in [3.05, 3.63) is 12.2 Å². The molecule has 2 nitrogen and oxygen atoms in total. The van der Waals surface area contributed by atoms with E-state index in [0.29, 0.717) is 5.92 Å². The van der Waals surface area contributed by atoms with E-state index in [1.165, 1.54) is 96.3 Å². The molecule has 0 heterocycles. The van der Waals surface area contributed by atoms with Crippen LogP contribution in [-0.4, -0.2) is 12.1 Å². The minimum absolute atomic E-state index is 0.114. The average Bonchev–Trinajstić information content (AvgIpc) is 2.83. The molecule has 0 aromatic heterocycles. The highest BCUT2D eigenvalue weighted by molar-refractivity contribution is 5.72. The summed E-state index contributed by atoms with van der Waals surface area (Å²) in [5.74, 6) is 3.84. The molecule has 3 aliphatic rings. The minimum atomic E-state index is 0.114. The van der Waals surface area contributed by atoms with Crippen LogP contribution in [0.25, 0.3) is 0 Å². The lowest BCUT2D eigenvalue weighted by molar-refractivity contribution is -0.157. The fourth-order valence-corrected chi connectivity index (χ4v) is 6.68. The summed E-state index contributed by atoms with van der Waals surface area (Å²) >= 11 is 0. The van der Waals surface area contributed by atoms with E-state index in [-0.39, 0.29) is 18.0 Å². The normalized spacial score (nSPS) is 33.9. The molecule has 184 valence electrons. The summed E-state index contributed by atoms with van der Waals surface area (Å²) in [5, 5.41) is 0. The lowest BCUT2D eigenvalue weighted by Crippen LogP contribution is -2.30. The number of allylic oxidation sites excluding steroid dienone is 2. The summed E-state index contributed by atoms with van der Waals surface area (Å²) in [6.07, 6.45) is 29.6. The quantitative estimate of drug-likeness (QED) is 0.235. The molecule has 0 radical (unpaired) electrons. The molecular weight excluding hydrogens is 392 g/mol. The highest BCUT2D eigenvalue weighted by atomic mass is 16.5. The van der Waals surface area contributed by atoms with Gasteiger partial charge in [0.1, 0.15) is 6.10 Å². The van der Waals surface area contributed by atoms with Gasteiger partial charge in [-0.2, -0.15) is 0 Å². The zero-order chi connectivity index (χ0) is 22.6. The second-order valence-electron chi connectivity index (χ2n) is 11.5. The van der Waals surface area contributed by atoms with Crippen LogP contribution in [0.3, 0.4) is 0 Å². The van der Waals surface area contributed by atoms with Crippen molar-refractivity contribution in [1.82, 2.24) is 0 Å². The van der Waals surface area contributed by atoms with E-state index in [1.54, 1.807) is 0 Å². The first-order valence-corrected chi connectivity index (χ1v) is 14.5. The Balaban J connectivity index is 1.24. The molecule has 0 N–H and O–H groups in total. The topological polar surface area (TPSA) is 26.3 Å². The summed E-state index contributed by atoms with van der Waals surface area (Å²) in [7, 11) is 0. The molecule has 0 aromatic rings. The molecule has 0 saturated heterocycles. The summed E-state index contributed by atoms with van der Waals surface area (Å²) in [5.41, 5.74) is 0. The van der Waals surface area contributed by atoms with Gasteiger partial charge in [-0.3, -0.25) is 4.79 Å². The number of ether oxygens (including phenoxy) is 1. The van der Waals surface area contributed by atoms with Crippen molar-refractivity contribution in [1.29, 1.82) is 0 Å². The van der Waals surface area contributed by atoms with E-state index in [4.69, 9.17) is 4.74 Å². The summed E-state index contributed by atoms with van der Waals surface area (Å²) in [6, 6.07) is 0. The molecule has 0 spiro atoms. The lowest BCUT2D eigenvalue weighted by Gasteiger charge is -2.31. The van der Waals surface area contributed by atoms with Gasteiger partial charge in [-0.25, -0.2) is 0 Å². The largest absolute Gasteiger partial charge is 0.462 e. The maximum atomic E-state index is 12.7. The summed E-state index contributed by atoms with van der Waals surface area (Å²) in [6.45, 7) is 4.60. The van der Waals surface area contributed by atoms with Crippen LogP contribution in [0.2, 0.25) is 0 Å². The van der Waals surface area contributed by atoms with E-state index in [2.05, 4.69) is 26.0 Å². The zero-order valence-corrected chi connectivity index (χ0v) is 21.4. The van der Waals surface area contributed by atoms with Gasteiger partial charge in [-0.1, -0.05) is 83.8 Å². The Labute approximate surface area is 199 Å². The molecule has 3 rings (SSSR count). The predicted molar refractivity (Wildman–Crippen MR) is 136 cm³/mol. The van der Waals surface area contributed by atoms with Crippen molar-refractivity contribution < 1.29 is 9.53 Å². The third-order valence-electron chi connectivity index (χ3n) is 8.96. The molecule has 0 aliphatic heterocycles. The first-order valence-electron chi connectivity index (χ1n) is 14.5. The molecule has 3 aliphatic carbocycles. The van der Waals surface area contributed by atoms with Crippen LogP contribution in [0.4, 0.5) is 0 Å². The van der Waals surface area contributed by atoms with E-state index in [9.17, 15) is 4.79 Å². The average molecular weight is 445 g/mol. The Hall–Kier alpha value is -0.790. The summed E-state index contributed by atoms with van der Waals surface area (Å²) in [4.78, 5) is 12.7. The molecular formula is C30H52O2. The van der Waals surface area contributed by atoms with Crippen molar-refractivity contribution >= 4 is 5.97 Å². The van der Waals surface area contributed by atoms with Gasteiger partial charge < -0.3 is 4.74 Å². The molecule has 3 fully saturated rings. The van der Waals surface area contributed by atoms with Crippen molar-refractivity contribution in [3.63, 3.8) is 0 Å². The molecule has 2 heteroatoms. The summed E-state index contributed by atoms with van der Waals surface area (Å²) < 4.78 is 5.95. The molecule has 0 amide bonds. The zero-order valence-electron chi connectivity index (χ0n) is 21.4. The molecule has 0 aromatic carbocycles. The van der Waals surface area contributed by atoms with E-state index in [1.807, 2.05) is 0 Å². The van der Waals surface area contributed by atoms with Crippen LogP contribution < -0.4 is 0 Å². The van der Waals surface area contributed by atoms with Gasteiger partial charge in [-0.05, 0) is 87.9 Å². The number of carbonyl (C=O) groups excluding carboxylic acids is 1. The maximum Gasteiger partial charge on any atom is 0.309 e. The van der Waals surface area contributed by atoms with E-state index < -0.39 is 0 Å².